The number of hydrogen-bond acceptors (Lipinski definition) is 2. The van der Waals surface area contributed by atoms with E-state index in [0.717, 1.165) is 37.5 Å². The number of ether oxygens (including phenoxy) is 1. The van der Waals surface area contributed by atoms with E-state index in [-0.39, 0.29) is 0 Å². The lowest BCUT2D eigenvalue weighted by atomic mass is 10.0. The third-order valence-corrected chi connectivity index (χ3v) is 4.23. The molecule has 2 aliphatic rings. The zero-order valence-electron chi connectivity index (χ0n) is 11.2. The number of benzene rings is 1. The first-order valence-electron chi connectivity index (χ1n) is 7.18. The predicted molar refractivity (Wildman–Crippen MR) is 74.0 cm³/mol. The molecule has 98 valence electrons. The number of hydrogen-bond donors (Lipinski definition) is 1. The third-order valence-electron chi connectivity index (χ3n) is 4.23. The monoisotopic (exact) mass is 245 g/mol. The molecule has 2 nitrogen and oxygen atoms in total. The molecule has 2 saturated carbocycles. The molecule has 1 N–H and O–H groups in total. The molecule has 2 unspecified atom stereocenters. The molecule has 2 heteroatoms. The highest BCUT2D eigenvalue weighted by Crippen LogP contribution is 2.48. The predicted octanol–water partition coefficient (Wildman–Crippen LogP) is 2.90. The summed E-state index contributed by atoms with van der Waals surface area (Å²) in [6.07, 6.45) is 4.15. The summed E-state index contributed by atoms with van der Waals surface area (Å²) in [7, 11) is 1.75. The van der Waals surface area contributed by atoms with Crippen molar-refractivity contribution in [1.29, 1.82) is 0 Å². The van der Waals surface area contributed by atoms with Gasteiger partial charge in [0.2, 0.25) is 0 Å². The Morgan fingerprint density at radius 3 is 2.56 bits per heavy atom. The van der Waals surface area contributed by atoms with Gasteiger partial charge in [0, 0.05) is 13.7 Å². The Morgan fingerprint density at radius 1 is 1.17 bits per heavy atom. The summed E-state index contributed by atoms with van der Waals surface area (Å²) < 4.78 is 5.03. The molecule has 18 heavy (non-hydrogen) atoms. The van der Waals surface area contributed by atoms with E-state index in [1.165, 1.54) is 24.8 Å². The molecule has 0 bridgehead atoms. The molecule has 0 saturated heterocycles. The highest BCUT2D eigenvalue weighted by Gasteiger charge is 2.37. The average Bonchev–Trinajstić information content (AvgIpc) is 3.28. The summed E-state index contributed by atoms with van der Waals surface area (Å²) in [6, 6.07) is 9.41. The fourth-order valence-corrected chi connectivity index (χ4v) is 2.78. The maximum Gasteiger partial charge on any atom is 0.0587 e. The Morgan fingerprint density at radius 2 is 1.89 bits per heavy atom. The summed E-state index contributed by atoms with van der Waals surface area (Å²) in [5, 5.41) is 3.46. The lowest BCUT2D eigenvalue weighted by molar-refractivity contribution is 0.199. The van der Waals surface area contributed by atoms with Crippen molar-refractivity contribution in [2.45, 2.75) is 31.1 Å². The van der Waals surface area contributed by atoms with Crippen LogP contribution in [0.25, 0.3) is 0 Å². The van der Waals surface area contributed by atoms with Crippen LogP contribution in [0.15, 0.2) is 24.3 Å². The summed E-state index contributed by atoms with van der Waals surface area (Å²) in [5.41, 5.74) is 3.09. The Hall–Kier alpha value is -0.860. The van der Waals surface area contributed by atoms with Crippen LogP contribution in [0.1, 0.15) is 42.2 Å². The van der Waals surface area contributed by atoms with Gasteiger partial charge in [-0.2, -0.15) is 0 Å². The molecule has 0 aliphatic heterocycles. The normalized spacial score (nSPS) is 26.3. The van der Waals surface area contributed by atoms with Crippen molar-refractivity contribution in [3.8, 4) is 0 Å². The van der Waals surface area contributed by atoms with E-state index in [2.05, 4.69) is 29.6 Å². The van der Waals surface area contributed by atoms with E-state index in [4.69, 9.17) is 4.74 Å². The number of methoxy groups -OCH3 is 1. The van der Waals surface area contributed by atoms with Gasteiger partial charge in [0.1, 0.15) is 0 Å². The molecule has 1 aromatic carbocycles. The van der Waals surface area contributed by atoms with Crippen LogP contribution in [0.5, 0.6) is 0 Å². The maximum absolute atomic E-state index is 5.03. The minimum atomic E-state index is 0.799. The summed E-state index contributed by atoms with van der Waals surface area (Å²) in [5.74, 6) is 2.52. The number of rotatable bonds is 7. The van der Waals surface area contributed by atoms with Gasteiger partial charge in [0.15, 0.2) is 0 Å². The van der Waals surface area contributed by atoms with Crippen molar-refractivity contribution in [2.75, 3.05) is 26.8 Å². The van der Waals surface area contributed by atoms with Gasteiger partial charge in [0.25, 0.3) is 0 Å². The topological polar surface area (TPSA) is 21.3 Å². The smallest absolute Gasteiger partial charge is 0.0587 e. The van der Waals surface area contributed by atoms with Crippen LogP contribution in [0.3, 0.4) is 0 Å². The van der Waals surface area contributed by atoms with Gasteiger partial charge in [-0.15, -0.1) is 0 Å². The van der Waals surface area contributed by atoms with E-state index < -0.39 is 0 Å². The molecular formula is C16H23NO. The quantitative estimate of drug-likeness (QED) is 0.746. The Balaban J connectivity index is 1.45. The maximum atomic E-state index is 5.03. The molecule has 0 heterocycles. The second-order valence-corrected chi connectivity index (χ2v) is 5.74. The van der Waals surface area contributed by atoms with Crippen molar-refractivity contribution in [1.82, 2.24) is 5.32 Å². The van der Waals surface area contributed by atoms with Crippen LogP contribution in [0, 0.1) is 5.92 Å². The minimum absolute atomic E-state index is 0.799. The lowest BCUT2D eigenvalue weighted by Crippen LogP contribution is -2.21. The molecule has 2 fully saturated rings. The van der Waals surface area contributed by atoms with E-state index >= 15 is 0 Å². The zero-order valence-corrected chi connectivity index (χ0v) is 11.2. The molecule has 3 rings (SSSR count). The van der Waals surface area contributed by atoms with Gasteiger partial charge in [-0.1, -0.05) is 24.3 Å². The Kier molecular flexibility index (Phi) is 3.67. The molecule has 0 amide bonds. The van der Waals surface area contributed by atoms with Gasteiger partial charge in [0.05, 0.1) is 6.61 Å². The van der Waals surface area contributed by atoms with E-state index in [1.54, 1.807) is 12.7 Å². The van der Waals surface area contributed by atoms with E-state index in [0.29, 0.717) is 0 Å². The first-order chi connectivity index (χ1) is 8.88. The fourth-order valence-electron chi connectivity index (χ4n) is 2.78. The highest BCUT2D eigenvalue weighted by molar-refractivity contribution is 5.32. The molecule has 2 atom stereocenters. The molecule has 0 aromatic heterocycles. The third kappa shape index (κ3) is 2.93. The molecule has 2 aliphatic carbocycles. The van der Waals surface area contributed by atoms with Crippen molar-refractivity contribution in [3.05, 3.63) is 35.4 Å². The van der Waals surface area contributed by atoms with Gasteiger partial charge >= 0.3 is 0 Å². The lowest BCUT2D eigenvalue weighted by Gasteiger charge is -2.05. The van der Waals surface area contributed by atoms with Gasteiger partial charge in [-0.3, -0.25) is 0 Å². The largest absolute Gasteiger partial charge is 0.383 e. The van der Waals surface area contributed by atoms with Crippen LogP contribution < -0.4 is 5.32 Å². The summed E-state index contributed by atoms with van der Waals surface area (Å²) in [4.78, 5) is 0. The van der Waals surface area contributed by atoms with Crippen LogP contribution >= 0.6 is 0 Å². The van der Waals surface area contributed by atoms with Gasteiger partial charge in [-0.05, 0) is 54.7 Å². The van der Waals surface area contributed by atoms with Crippen LogP contribution in [0.2, 0.25) is 0 Å². The van der Waals surface area contributed by atoms with Crippen molar-refractivity contribution >= 4 is 0 Å². The second-order valence-electron chi connectivity index (χ2n) is 5.74. The summed E-state index contributed by atoms with van der Waals surface area (Å²) in [6.45, 7) is 2.92. The number of nitrogens with one attached hydrogen (secondary N) is 1. The molecule has 0 radical (unpaired) electrons. The minimum Gasteiger partial charge on any atom is -0.383 e. The van der Waals surface area contributed by atoms with Crippen LogP contribution in [-0.4, -0.2) is 26.8 Å². The Labute approximate surface area is 110 Å². The van der Waals surface area contributed by atoms with E-state index in [1.807, 2.05) is 0 Å². The van der Waals surface area contributed by atoms with Crippen molar-refractivity contribution < 1.29 is 4.74 Å². The van der Waals surface area contributed by atoms with Crippen molar-refractivity contribution in [3.63, 3.8) is 0 Å². The zero-order chi connectivity index (χ0) is 12.4. The standard InChI is InChI=1S/C16H23NO/c1-18-9-8-17-11-15-10-16(15)14-6-4-13(5-7-14)12-2-3-12/h4-7,12,15-17H,2-3,8-11H2,1H3. The first kappa shape index (κ1) is 12.2. The average molecular weight is 245 g/mol. The summed E-state index contributed by atoms with van der Waals surface area (Å²) >= 11 is 0. The van der Waals surface area contributed by atoms with Crippen LogP contribution in [-0.2, 0) is 4.74 Å². The van der Waals surface area contributed by atoms with Gasteiger partial charge < -0.3 is 10.1 Å². The van der Waals surface area contributed by atoms with Gasteiger partial charge in [-0.25, -0.2) is 0 Å². The van der Waals surface area contributed by atoms with Crippen molar-refractivity contribution in [2.24, 2.45) is 5.92 Å². The van der Waals surface area contributed by atoms with E-state index in [9.17, 15) is 0 Å². The fraction of sp³-hybridized carbons (Fsp3) is 0.625. The SMILES string of the molecule is COCCNCC1CC1c1ccc(C2CC2)cc1. The molecule has 1 aromatic rings. The first-order valence-corrected chi connectivity index (χ1v) is 7.18. The highest BCUT2D eigenvalue weighted by atomic mass is 16.5. The molecular weight excluding hydrogens is 222 g/mol. The molecule has 0 spiro atoms. The Bertz CT molecular complexity index is 383. The van der Waals surface area contributed by atoms with Crippen LogP contribution in [0.4, 0.5) is 0 Å². The second kappa shape index (κ2) is 5.41.